The van der Waals surface area contributed by atoms with Crippen molar-refractivity contribution in [3.63, 3.8) is 0 Å². The summed E-state index contributed by atoms with van der Waals surface area (Å²) in [6.45, 7) is 4.72. The number of thiazole rings is 1. The summed E-state index contributed by atoms with van der Waals surface area (Å²) in [7, 11) is 0. The van der Waals surface area contributed by atoms with Gasteiger partial charge in [0.1, 0.15) is 4.88 Å². The van der Waals surface area contributed by atoms with Gasteiger partial charge in [-0.1, -0.05) is 6.92 Å². The highest BCUT2D eigenvalue weighted by molar-refractivity contribution is 7.16. The molecule has 1 saturated heterocycles. The van der Waals surface area contributed by atoms with Gasteiger partial charge in [-0.2, -0.15) is 0 Å². The summed E-state index contributed by atoms with van der Waals surface area (Å²) in [6.07, 6.45) is 6.97. The van der Waals surface area contributed by atoms with Crippen molar-refractivity contribution in [1.82, 2.24) is 25.2 Å². The van der Waals surface area contributed by atoms with Crippen molar-refractivity contribution < 1.29 is 4.79 Å². The number of carbonyl (C=O) groups is 1. The zero-order valence-corrected chi connectivity index (χ0v) is 15.8. The molecule has 9 heteroatoms. The third kappa shape index (κ3) is 4.63. The van der Waals surface area contributed by atoms with Gasteiger partial charge in [0.2, 0.25) is 0 Å². The Morgan fingerprint density at radius 1 is 1.33 bits per heavy atom. The maximum absolute atomic E-state index is 12.8. The van der Waals surface area contributed by atoms with Gasteiger partial charge in [0, 0.05) is 31.5 Å². The summed E-state index contributed by atoms with van der Waals surface area (Å²) >= 11 is 1.36. The first-order chi connectivity index (χ1) is 10.8. The SMILES string of the molecule is CCCN(C(=O)c1cnc(-c2ncccn2)s1)C1CCNC1.Cl.Cl. The van der Waals surface area contributed by atoms with Gasteiger partial charge in [-0.05, 0) is 25.5 Å². The van der Waals surface area contributed by atoms with Gasteiger partial charge in [0.05, 0.1) is 6.20 Å². The molecule has 3 heterocycles. The minimum Gasteiger partial charge on any atom is -0.334 e. The number of hydrogen-bond donors (Lipinski definition) is 1. The Bertz CT molecular complexity index is 634. The zero-order chi connectivity index (χ0) is 15.4. The Hall–Kier alpha value is -1.28. The molecule has 0 saturated carbocycles. The lowest BCUT2D eigenvalue weighted by atomic mass is 10.2. The summed E-state index contributed by atoms with van der Waals surface area (Å²) in [5.41, 5.74) is 0. The number of nitrogens with one attached hydrogen (secondary N) is 1. The molecule has 6 nitrogen and oxygen atoms in total. The van der Waals surface area contributed by atoms with E-state index in [-0.39, 0.29) is 36.8 Å². The normalized spacial score (nSPS) is 16.1. The van der Waals surface area contributed by atoms with Crippen LogP contribution in [0.1, 0.15) is 29.4 Å². The fraction of sp³-hybridized carbons (Fsp3) is 0.467. The van der Waals surface area contributed by atoms with Crippen molar-refractivity contribution in [2.75, 3.05) is 19.6 Å². The van der Waals surface area contributed by atoms with E-state index in [4.69, 9.17) is 0 Å². The number of carbonyl (C=O) groups excluding carboxylic acids is 1. The van der Waals surface area contributed by atoms with Crippen LogP contribution in [0.4, 0.5) is 0 Å². The molecule has 1 fully saturated rings. The molecule has 0 spiro atoms. The van der Waals surface area contributed by atoms with Crippen molar-refractivity contribution >= 4 is 42.1 Å². The van der Waals surface area contributed by atoms with Gasteiger partial charge in [-0.3, -0.25) is 4.79 Å². The predicted octanol–water partition coefficient (Wildman–Crippen LogP) is 2.66. The minimum atomic E-state index is 0. The molecule has 3 rings (SSSR count). The van der Waals surface area contributed by atoms with Gasteiger partial charge in [-0.25, -0.2) is 15.0 Å². The number of nitrogens with zero attached hydrogens (tertiary/aromatic N) is 4. The molecule has 2 aromatic rings. The summed E-state index contributed by atoms with van der Waals surface area (Å²) < 4.78 is 0. The third-order valence-corrected chi connectivity index (χ3v) is 4.66. The number of halogens is 2. The number of amides is 1. The maximum Gasteiger partial charge on any atom is 0.265 e. The van der Waals surface area contributed by atoms with E-state index in [0.717, 1.165) is 32.5 Å². The first kappa shape index (κ1) is 20.8. The van der Waals surface area contributed by atoms with Crippen LogP contribution in [0, 0.1) is 0 Å². The summed E-state index contributed by atoms with van der Waals surface area (Å²) in [4.78, 5) is 28.1. The topological polar surface area (TPSA) is 71.0 Å². The first-order valence-electron chi connectivity index (χ1n) is 7.54. The average Bonchev–Trinajstić information content (AvgIpc) is 3.24. The molecule has 1 amide bonds. The van der Waals surface area contributed by atoms with Crippen LogP contribution in [0.5, 0.6) is 0 Å². The Morgan fingerprint density at radius 2 is 2.08 bits per heavy atom. The largest absolute Gasteiger partial charge is 0.334 e. The molecule has 0 bridgehead atoms. The van der Waals surface area contributed by atoms with Gasteiger partial charge in [0.15, 0.2) is 10.8 Å². The maximum atomic E-state index is 12.8. The minimum absolute atomic E-state index is 0. The molecular formula is C15H21Cl2N5OS. The van der Waals surface area contributed by atoms with Crippen molar-refractivity contribution in [3.8, 4) is 10.8 Å². The second-order valence-electron chi connectivity index (χ2n) is 5.25. The highest BCUT2D eigenvalue weighted by Gasteiger charge is 2.28. The van der Waals surface area contributed by atoms with E-state index in [1.54, 1.807) is 24.7 Å². The van der Waals surface area contributed by atoms with Crippen LogP contribution in [0.15, 0.2) is 24.7 Å². The van der Waals surface area contributed by atoms with E-state index in [2.05, 4.69) is 27.2 Å². The highest BCUT2D eigenvalue weighted by atomic mass is 35.5. The molecular weight excluding hydrogens is 369 g/mol. The van der Waals surface area contributed by atoms with Gasteiger partial charge >= 0.3 is 0 Å². The fourth-order valence-corrected chi connectivity index (χ4v) is 3.44. The Morgan fingerprint density at radius 3 is 2.71 bits per heavy atom. The number of aromatic nitrogens is 3. The predicted molar refractivity (Wildman–Crippen MR) is 100 cm³/mol. The van der Waals surface area contributed by atoms with Crippen molar-refractivity contribution in [1.29, 1.82) is 0 Å². The molecule has 1 atom stereocenters. The van der Waals surface area contributed by atoms with E-state index in [0.29, 0.717) is 15.7 Å². The molecule has 1 unspecified atom stereocenters. The zero-order valence-electron chi connectivity index (χ0n) is 13.3. The molecule has 1 aliphatic heterocycles. The second kappa shape index (κ2) is 9.88. The van der Waals surface area contributed by atoms with Crippen LogP contribution >= 0.6 is 36.2 Å². The van der Waals surface area contributed by atoms with E-state index in [9.17, 15) is 4.79 Å². The van der Waals surface area contributed by atoms with Gasteiger partial charge < -0.3 is 10.2 Å². The van der Waals surface area contributed by atoms with Crippen LogP contribution in [-0.2, 0) is 0 Å². The van der Waals surface area contributed by atoms with Crippen molar-refractivity contribution in [2.45, 2.75) is 25.8 Å². The Labute approximate surface area is 157 Å². The monoisotopic (exact) mass is 389 g/mol. The third-order valence-electron chi connectivity index (χ3n) is 3.67. The van der Waals surface area contributed by atoms with E-state index in [1.807, 2.05) is 4.90 Å². The molecule has 1 aliphatic rings. The highest BCUT2D eigenvalue weighted by Crippen LogP contribution is 2.24. The lowest BCUT2D eigenvalue weighted by molar-refractivity contribution is 0.0697. The van der Waals surface area contributed by atoms with Crippen LogP contribution < -0.4 is 5.32 Å². The van der Waals surface area contributed by atoms with Crippen LogP contribution in [-0.4, -0.2) is 51.4 Å². The van der Waals surface area contributed by atoms with Crippen molar-refractivity contribution in [3.05, 3.63) is 29.5 Å². The summed E-state index contributed by atoms with van der Waals surface area (Å²) in [5, 5.41) is 4.01. The number of hydrogen-bond acceptors (Lipinski definition) is 6. The quantitative estimate of drug-likeness (QED) is 0.850. The number of rotatable bonds is 5. The molecule has 2 aromatic heterocycles. The second-order valence-corrected chi connectivity index (χ2v) is 6.28. The molecule has 0 aliphatic carbocycles. The van der Waals surface area contributed by atoms with E-state index < -0.39 is 0 Å². The lowest BCUT2D eigenvalue weighted by Crippen LogP contribution is -2.41. The van der Waals surface area contributed by atoms with E-state index in [1.165, 1.54) is 11.3 Å². The van der Waals surface area contributed by atoms with E-state index >= 15 is 0 Å². The molecule has 24 heavy (non-hydrogen) atoms. The Balaban J connectivity index is 0.00000144. The standard InChI is InChI=1S/C15H19N5OS.2ClH/c1-2-8-20(11-4-7-16-9-11)15(21)12-10-19-14(22-12)13-17-5-3-6-18-13;;/h3,5-6,10-11,16H,2,4,7-9H2,1H3;2*1H. The smallest absolute Gasteiger partial charge is 0.265 e. The van der Waals surface area contributed by atoms with Crippen molar-refractivity contribution in [2.24, 2.45) is 0 Å². The first-order valence-corrected chi connectivity index (χ1v) is 8.36. The molecule has 1 N–H and O–H groups in total. The molecule has 132 valence electrons. The van der Waals surface area contributed by atoms with Gasteiger partial charge in [-0.15, -0.1) is 36.2 Å². The average molecular weight is 390 g/mol. The summed E-state index contributed by atoms with van der Waals surface area (Å²) in [6, 6.07) is 2.05. The fourth-order valence-electron chi connectivity index (χ4n) is 2.62. The molecule has 0 aromatic carbocycles. The lowest BCUT2D eigenvalue weighted by Gasteiger charge is -2.27. The van der Waals surface area contributed by atoms with Crippen LogP contribution in [0.2, 0.25) is 0 Å². The van der Waals surface area contributed by atoms with Crippen LogP contribution in [0.3, 0.4) is 0 Å². The van der Waals surface area contributed by atoms with Crippen LogP contribution in [0.25, 0.3) is 10.8 Å². The molecule has 0 radical (unpaired) electrons. The van der Waals surface area contributed by atoms with Gasteiger partial charge in [0.25, 0.3) is 5.91 Å². The summed E-state index contributed by atoms with van der Waals surface area (Å²) in [5.74, 6) is 0.631. The Kier molecular flexibility index (Phi) is 8.55.